The Hall–Kier alpha value is -1.95. The van der Waals surface area contributed by atoms with Gasteiger partial charge in [-0.3, -0.25) is 8.89 Å². The molecule has 6 heteroatoms. The zero-order chi connectivity index (χ0) is 14.0. The molecule has 0 saturated heterocycles. The van der Waals surface area contributed by atoms with E-state index in [1.54, 1.807) is 13.1 Å². The van der Waals surface area contributed by atoms with Gasteiger partial charge in [0.1, 0.15) is 5.56 Å². The van der Waals surface area contributed by atoms with Crippen LogP contribution >= 0.6 is 0 Å². The van der Waals surface area contributed by atoms with Crippen LogP contribution in [0.4, 0.5) is 0 Å². The predicted molar refractivity (Wildman–Crippen MR) is 71.5 cm³/mol. The van der Waals surface area contributed by atoms with Crippen molar-refractivity contribution < 1.29 is 14.1 Å². The number of rotatable bonds is 4. The molecule has 0 aliphatic rings. The summed E-state index contributed by atoms with van der Waals surface area (Å²) in [6.07, 6.45) is 1.28. The van der Waals surface area contributed by atoms with Crippen LogP contribution in [-0.4, -0.2) is 25.1 Å². The molecule has 1 unspecified atom stereocenters. The molecule has 0 bridgehead atoms. The normalized spacial score (nSPS) is 12.3. The Morgan fingerprint density at radius 3 is 2.74 bits per heavy atom. The summed E-state index contributed by atoms with van der Waals surface area (Å²) < 4.78 is 13.8. The highest BCUT2D eigenvalue weighted by Gasteiger charge is 2.18. The lowest BCUT2D eigenvalue weighted by Gasteiger charge is -2.07. The maximum absolute atomic E-state index is 12.3. The topological polar surface area (TPSA) is 72.2 Å². The standard InChI is InChI=1S/C13H14N2O3S/c1-9-5-3-4-6-12(9)19(18)8-11-10(13(16)17)7-14-15(11)2/h3-7H,8H2,1-2H3,(H,16,17). The van der Waals surface area contributed by atoms with Crippen molar-refractivity contribution in [3.05, 3.63) is 47.3 Å². The van der Waals surface area contributed by atoms with Crippen molar-refractivity contribution in [2.24, 2.45) is 7.05 Å². The van der Waals surface area contributed by atoms with Gasteiger partial charge in [0.2, 0.25) is 0 Å². The highest BCUT2D eigenvalue weighted by molar-refractivity contribution is 7.84. The summed E-state index contributed by atoms with van der Waals surface area (Å²) in [6, 6.07) is 7.38. The number of hydrogen-bond acceptors (Lipinski definition) is 3. The number of carbonyl (C=O) groups is 1. The van der Waals surface area contributed by atoms with E-state index < -0.39 is 16.8 Å². The molecule has 100 valence electrons. The first-order chi connectivity index (χ1) is 9.00. The van der Waals surface area contributed by atoms with E-state index in [0.717, 1.165) is 10.5 Å². The Labute approximate surface area is 113 Å². The Morgan fingerprint density at radius 2 is 2.11 bits per heavy atom. The first kappa shape index (κ1) is 13.5. The minimum absolute atomic E-state index is 0.101. The second-order valence-electron chi connectivity index (χ2n) is 4.19. The summed E-state index contributed by atoms with van der Waals surface area (Å²) in [6.45, 7) is 1.88. The minimum Gasteiger partial charge on any atom is -0.478 e. The van der Waals surface area contributed by atoms with Crippen molar-refractivity contribution in [3.63, 3.8) is 0 Å². The number of benzene rings is 1. The van der Waals surface area contributed by atoms with Crippen molar-refractivity contribution in [2.75, 3.05) is 0 Å². The first-order valence-electron chi connectivity index (χ1n) is 5.69. The summed E-state index contributed by atoms with van der Waals surface area (Å²) in [5.41, 5.74) is 1.50. The van der Waals surface area contributed by atoms with E-state index in [2.05, 4.69) is 5.10 Å². The molecule has 1 aromatic heterocycles. The van der Waals surface area contributed by atoms with Gasteiger partial charge in [-0.2, -0.15) is 5.10 Å². The SMILES string of the molecule is Cc1ccccc1S(=O)Cc1c(C(=O)O)cnn1C. The number of nitrogens with zero attached hydrogens (tertiary/aromatic N) is 2. The van der Waals surface area contributed by atoms with Crippen LogP contribution in [0.2, 0.25) is 0 Å². The molecule has 0 radical (unpaired) electrons. The highest BCUT2D eigenvalue weighted by atomic mass is 32.2. The maximum Gasteiger partial charge on any atom is 0.339 e. The molecule has 0 amide bonds. The average molecular weight is 278 g/mol. The van der Waals surface area contributed by atoms with E-state index in [1.807, 2.05) is 25.1 Å². The second-order valence-corrected chi connectivity index (χ2v) is 5.61. The van der Waals surface area contributed by atoms with E-state index in [1.165, 1.54) is 10.9 Å². The van der Waals surface area contributed by atoms with Gasteiger partial charge >= 0.3 is 5.97 Å². The van der Waals surface area contributed by atoms with E-state index in [9.17, 15) is 9.00 Å². The van der Waals surface area contributed by atoms with Crippen molar-refractivity contribution >= 4 is 16.8 Å². The second kappa shape index (κ2) is 5.36. The molecule has 1 N–H and O–H groups in total. The van der Waals surface area contributed by atoms with Crippen LogP contribution in [0.3, 0.4) is 0 Å². The molecule has 0 fully saturated rings. The summed E-state index contributed by atoms with van der Waals surface area (Å²) in [4.78, 5) is 11.8. The lowest BCUT2D eigenvalue weighted by Crippen LogP contribution is -2.08. The van der Waals surface area contributed by atoms with Crippen LogP contribution in [0.1, 0.15) is 21.6 Å². The third kappa shape index (κ3) is 2.73. The van der Waals surface area contributed by atoms with Crippen molar-refractivity contribution in [2.45, 2.75) is 17.6 Å². The quantitative estimate of drug-likeness (QED) is 0.924. The Balaban J connectivity index is 2.32. The smallest absolute Gasteiger partial charge is 0.339 e. The van der Waals surface area contributed by atoms with Crippen molar-refractivity contribution in [1.82, 2.24) is 9.78 Å². The molecular formula is C13H14N2O3S. The molecule has 1 atom stereocenters. The van der Waals surface area contributed by atoms with Crippen LogP contribution in [0.25, 0.3) is 0 Å². The minimum atomic E-state index is -1.29. The number of carboxylic acid groups (broad SMARTS) is 1. The molecule has 19 heavy (non-hydrogen) atoms. The third-order valence-corrected chi connectivity index (χ3v) is 4.38. The summed E-state index contributed by atoms with van der Waals surface area (Å²) >= 11 is 0. The van der Waals surface area contributed by atoms with Crippen LogP contribution in [0.15, 0.2) is 35.4 Å². The van der Waals surface area contributed by atoms with E-state index in [4.69, 9.17) is 5.11 Å². The molecule has 0 saturated carbocycles. The van der Waals surface area contributed by atoms with Gasteiger partial charge in [0.05, 0.1) is 28.4 Å². The highest BCUT2D eigenvalue weighted by Crippen LogP contribution is 2.18. The molecule has 2 rings (SSSR count). The fraction of sp³-hybridized carbons (Fsp3) is 0.231. The zero-order valence-electron chi connectivity index (χ0n) is 10.7. The lowest BCUT2D eigenvalue weighted by molar-refractivity contribution is 0.0696. The van der Waals surface area contributed by atoms with E-state index >= 15 is 0 Å². The van der Waals surface area contributed by atoms with Crippen LogP contribution in [0, 0.1) is 6.92 Å². The van der Waals surface area contributed by atoms with Crippen molar-refractivity contribution in [3.8, 4) is 0 Å². The maximum atomic E-state index is 12.3. The summed E-state index contributed by atoms with van der Waals surface area (Å²) in [5.74, 6) is -0.909. The Morgan fingerprint density at radius 1 is 1.42 bits per heavy atom. The molecule has 0 spiro atoms. The number of aryl methyl sites for hydroxylation is 2. The number of carboxylic acids is 1. The largest absolute Gasteiger partial charge is 0.478 e. The van der Waals surface area contributed by atoms with E-state index in [0.29, 0.717) is 5.69 Å². The number of hydrogen-bond donors (Lipinski definition) is 1. The first-order valence-corrected chi connectivity index (χ1v) is 7.00. The third-order valence-electron chi connectivity index (χ3n) is 2.90. The lowest BCUT2D eigenvalue weighted by atomic mass is 10.2. The fourth-order valence-electron chi connectivity index (χ4n) is 1.83. The molecular weight excluding hydrogens is 264 g/mol. The number of aromatic nitrogens is 2. The fourth-order valence-corrected chi connectivity index (χ4v) is 3.23. The molecule has 5 nitrogen and oxygen atoms in total. The Bertz CT molecular complexity index is 649. The van der Waals surface area contributed by atoms with E-state index in [-0.39, 0.29) is 11.3 Å². The van der Waals surface area contributed by atoms with Crippen LogP contribution in [-0.2, 0) is 23.6 Å². The molecule has 1 heterocycles. The van der Waals surface area contributed by atoms with Crippen LogP contribution < -0.4 is 0 Å². The summed E-state index contributed by atoms with van der Waals surface area (Å²) in [7, 11) is 0.364. The van der Waals surface area contributed by atoms with Gasteiger partial charge in [-0.1, -0.05) is 18.2 Å². The van der Waals surface area contributed by atoms with Crippen LogP contribution in [0.5, 0.6) is 0 Å². The van der Waals surface area contributed by atoms with Gasteiger partial charge in [0.25, 0.3) is 0 Å². The molecule has 1 aromatic carbocycles. The number of aromatic carboxylic acids is 1. The average Bonchev–Trinajstić information content (AvgIpc) is 2.71. The van der Waals surface area contributed by atoms with Gasteiger partial charge in [0, 0.05) is 11.9 Å². The zero-order valence-corrected chi connectivity index (χ0v) is 11.5. The Kier molecular flexibility index (Phi) is 3.80. The van der Waals surface area contributed by atoms with Gasteiger partial charge in [-0.25, -0.2) is 4.79 Å². The van der Waals surface area contributed by atoms with Gasteiger partial charge in [-0.15, -0.1) is 0 Å². The van der Waals surface area contributed by atoms with Gasteiger partial charge < -0.3 is 5.11 Å². The molecule has 0 aliphatic carbocycles. The van der Waals surface area contributed by atoms with Gasteiger partial charge in [0.15, 0.2) is 0 Å². The van der Waals surface area contributed by atoms with Crippen molar-refractivity contribution in [1.29, 1.82) is 0 Å². The molecule has 2 aromatic rings. The predicted octanol–water partition coefficient (Wildman–Crippen LogP) is 1.73. The molecule has 0 aliphatic heterocycles. The van der Waals surface area contributed by atoms with Gasteiger partial charge in [-0.05, 0) is 18.6 Å². The monoisotopic (exact) mass is 278 g/mol. The summed E-state index contributed by atoms with van der Waals surface area (Å²) in [5, 5.41) is 13.0.